The third-order valence-electron chi connectivity index (χ3n) is 7.10. The van der Waals surface area contributed by atoms with Crippen LogP contribution >= 0.6 is 0 Å². The Balaban J connectivity index is -0.000000255. The van der Waals surface area contributed by atoms with Gasteiger partial charge in [0.05, 0.1) is 54.5 Å². The van der Waals surface area contributed by atoms with Crippen molar-refractivity contribution in [2.24, 2.45) is 0 Å². The highest BCUT2D eigenvalue weighted by Gasteiger charge is 2.11. The molecule has 236 valence electrons. The predicted octanol–water partition coefficient (Wildman–Crippen LogP) is 5.23. The smallest absolute Gasteiger partial charge is 0.102 e. The third kappa shape index (κ3) is 43.3. The Morgan fingerprint density at radius 2 is 0.684 bits per heavy atom. The molecule has 0 aliphatic carbocycles. The average molecular weight is 613 g/mol. The minimum absolute atomic E-state index is 0. The molecule has 0 aromatic carbocycles. The Bertz CT molecular complexity index is 358. The van der Waals surface area contributed by atoms with E-state index in [9.17, 15) is 0 Å². The van der Waals surface area contributed by atoms with Crippen LogP contribution in [0.3, 0.4) is 0 Å². The molecule has 0 fully saturated rings. The van der Waals surface area contributed by atoms with E-state index >= 15 is 0 Å². The van der Waals surface area contributed by atoms with Crippen LogP contribution in [0.4, 0.5) is 0 Å². The molecule has 0 bridgehead atoms. The summed E-state index contributed by atoms with van der Waals surface area (Å²) in [5.41, 5.74) is 7.08. The molecule has 0 radical (unpaired) electrons. The Labute approximate surface area is 251 Å². The van der Waals surface area contributed by atoms with E-state index in [-0.39, 0.29) is 17.0 Å². The van der Waals surface area contributed by atoms with Crippen LogP contribution in [0, 0.1) is 0 Å². The van der Waals surface area contributed by atoms with Gasteiger partial charge in [-0.3, -0.25) is 0 Å². The summed E-state index contributed by atoms with van der Waals surface area (Å²) in [6.45, 7) is 11.9. The van der Waals surface area contributed by atoms with Gasteiger partial charge < -0.3 is 41.9 Å². The van der Waals surface area contributed by atoms with Crippen molar-refractivity contribution in [2.45, 2.75) is 136 Å². The van der Waals surface area contributed by atoms with Crippen molar-refractivity contribution in [1.29, 1.82) is 0 Å². The van der Waals surface area contributed by atoms with E-state index < -0.39 is 0 Å². The summed E-state index contributed by atoms with van der Waals surface area (Å²) in [6, 6.07) is 0. The number of nitrogens with one attached hydrogen (secondary N) is 1. The number of hydrogen-bond acceptors (Lipinski definition) is 2. The minimum Gasteiger partial charge on any atom is -1.00 e. The fraction of sp³-hybridized carbons (Fsp3) is 1.00. The van der Waals surface area contributed by atoms with Crippen LogP contribution < -0.4 is 17.0 Å². The van der Waals surface area contributed by atoms with Crippen LogP contribution in [0.2, 0.25) is 0 Å². The molecular weight excluding hydrogens is 538 g/mol. The molecule has 3 N–H and O–H groups in total. The number of unbranched alkanes of at least 4 members (excludes halogenated alkanes) is 15. The van der Waals surface area contributed by atoms with Gasteiger partial charge in [0.15, 0.2) is 0 Å². The highest BCUT2D eigenvalue weighted by molar-refractivity contribution is 4.53. The first-order valence-corrected chi connectivity index (χ1v) is 16.2. The van der Waals surface area contributed by atoms with Gasteiger partial charge in [-0.15, -0.1) is 0 Å². The van der Waals surface area contributed by atoms with Crippen LogP contribution in [0.15, 0.2) is 0 Å². The molecule has 0 aromatic heterocycles. The summed E-state index contributed by atoms with van der Waals surface area (Å²) in [5, 5.41) is 17.2. The second-order valence-corrected chi connectivity index (χ2v) is 12.3. The Kier molecular flexibility index (Phi) is 42.1. The predicted molar refractivity (Wildman–Crippen MR) is 167 cm³/mol. The second-order valence-electron chi connectivity index (χ2n) is 12.3. The summed E-state index contributed by atoms with van der Waals surface area (Å²) in [4.78, 5) is 0. The molecule has 5 nitrogen and oxygen atoms in total. The molecule has 0 rings (SSSR count). The fourth-order valence-corrected chi connectivity index (χ4v) is 4.65. The molecule has 0 unspecified atom stereocenters. The van der Waals surface area contributed by atoms with Gasteiger partial charge in [-0.25, -0.2) is 0 Å². The number of halogens is 1. The maximum atomic E-state index is 8.61. The molecule has 0 amide bonds. The SMILES string of the molecule is CCCCCCCCCCCCCCCCCC[NH-].CCC[N+](C)(C)CCO.CCC[N+](C)(C)CCO.[Br-]. The molecule has 0 aliphatic heterocycles. The number of hydrogen-bond donors (Lipinski definition) is 2. The van der Waals surface area contributed by atoms with Crippen molar-refractivity contribution in [3.63, 3.8) is 0 Å². The lowest BCUT2D eigenvalue weighted by molar-refractivity contribution is -0.890. The molecular formula is C32H74BrN3O2. The summed E-state index contributed by atoms with van der Waals surface area (Å²) in [6.07, 6.45) is 24.9. The highest BCUT2D eigenvalue weighted by atomic mass is 79.9. The summed E-state index contributed by atoms with van der Waals surface area (Å²) in [7, 11) is 8.55. The van der Waals surface area contributed by atoms with Crippen molar-refractivity contribution >= 4 is 0 Å². The molecule has 0 spiro atoms. The van der Waals surface area contributed by atoms with E-state index in [1.807, 2.05) is 0 Å². The molecule has 38 heavy (non-hydrogen) atoms. The zero-order valence-electron chi connectivity index (χ0n) is 27.3. The Morgan fingerprint density at radius 1 is 0.421 bits per heavy atom. The van der Waals surface area contributed by atoms with Gasteiger partial charge in [-0.1, -0.05) is 124 Å². The van der Waals surface area contributed by atoms with Crippen LogP contribution in [-0.2, 0) is 0 Å². The topological polar surface area (TPSA) is 64.3 Å². The van der Waals surface area contributed by atoms with Crippen LogP contribution in [0.1, 0.15) is 136 Å². The molecule has 0 heterocycles. The Hall–Kier alpha value is 0.280. The van der Waals surface area contributed by atoms with E-state index in [0.29, 0.717) is 19.8 Å². The highest BCUT2D eigenvalue weighted by Crippen LogP contribution is 2.13. The number of quaternary nitrogens is 2. The van der Waals surface area contributed by atoms with Gasteiger partial charge in [0.2, 0.25) is 0 Å². The number of aliphatic hydroxyl groups is 2. The number of rotatable bonds is 24. The summed E-state index contributed by atoms with van der Waals surface area (Å²) < 4.78 is 1.88. The van der Waals surface area contributed by atoms with E-state index in [1.54, 1.807) is 0 Å². The van der Waals surface area contributed by atoms with Gasteiger partial charge in [-0.05, 0) is 12.8 Å². The zero-order valence-corrected chi connectivity index (χ0v) is 28.9. The number of nitrogens with zero attached hydrogens (tertiary/aromatic N) is 2. The van der Waals surface area contributed by atoms with Crippen molar-refractivity contribution in [1.82, 2.24) is 0 Å². The summed E-state index contributed by atoms with van der Waals surface area (Å²) in [5.74, 6) is 0. The van der Waals surface area contributed by atoms with E-state index in [4.69, 9.17) is 15.9 Å². The van der Waals surface area contributed by atoms with Gasteiger partial charge in [0.1, 0.15) is 13.1 Å². The van der Waals surface area contributed by atoms with Crippen molar-refractivity contribution in [3.05, 3.63) is 5.73 Å². The van der Waals surface area contributed by atoms with Gasteiger partial charge in [0.25, 0.3) is 0 Å². The first kappa shape index (κ1) is 45.3. The van der Waals surface area contributed by atoms with Crippen LogP contribution in [-0.4, -0.2) is 93.3 Å². The fourth-order valence-electron chi connectivity index (χ4n) is 4.65. The van der Waals surface area contributed by atoms with Gasteiger partial charge >= 0.3 is 0 Å². The molecule has 0 saturated carbocycles. The van der Waals surface area contributed by atoms with Crippen LogP contribution in [0.25, 0.3) is 5.73 Å². The molecule has 0 aromatic rings. The average Bonchev–Trinajstić information content (AvgIpc) is 2.82. The zero-order chi connectivity index (χ0) is 28.7. The lowest BCUT2D eigenvalue weighted by Crippen LogP contribution is -3.00. The van der Waals surface area contributed by atoms with Crippen molar-refractivity contribution < 1.29 is 36.2 Å². The molecule has 0 atom stereocenters. The lowest BCUT2D eigenvalue weighted by atomic mass is 10.0. The maximum Gasteiger partial charge on any atom is 0.102 e. The van der Waals surface area contributed by atoms with Gasteiger partial charge in [0, 0.05) is 0 Å². The third-order valence-corrected chi connectivity index (χ3v) is 7.10. The molecule has 0 aliphatic rings. The van der Waals surface area contributed by atoms with Gasteiger partial charge in [-0.2, -0.15) is 6.54 Å². The standard InChI is InChI=1S/C18H38N.2C7H18NO.BrH/c1-2-3-4-5-6-7-8-9-10-11-12-13-14-15-16-17-18-19;2*1-4-5-8(2,3)6-7-9;/h19H,2-18H2,1H3;2*9H,4-7H2,1-3H3;1H/q-1;2*+1;/p-1. The first-order valence-electron chi connectivity index (χ1n) is 16.2. The van der Waals surface area contributed by atoms with E-state index in [2.05, 4.69) is 49.0 Å². The first-order chi connectivity index (χ1) is 17.7. The second kappa shape index (κ2) is 35.3. The number of aliphatic hydroxyl groups excluding tert-OH is 2. The number of likely N-dealkylation sites (N-methyl/N-ethyl adjacent to an activating group) is 2. The normalized spacial score (nSPS) is 11.2. The summed E-state index contributed by atoms with van der Waals surface area (Å²) >= 11 is 0. The largest absolute Gasteiger partial charge is 1.00 e. The van der Waals surface area contributed by atoms with Crippen molar-refractivity contribution in [3.8, 4) is 0 Å². The van der Waals surface area contributed by atoms with E-state index in [0.717, 1.165) is 41.6 Å². The van der Waals surface area contributed by atoms with Crippen molar-refractivity contribution in [2.75, 3.05) is 74.1 Å². The molecule has 6 heteroatoms. The Morgan fingerprint density at radius 3 is 0.895 bits per heavy atom. The lowest BCUT2D eigenvalue weighted by Gasteiger charge is -2.28. The maximum absolute atomic E-state index is 8.61. The minimum atomic E-state index is 0. The monoisotopic (exact) mass is 611 g/mol. The quantitative estimate of drug-likeness (QED) is 0.116. The molecule has 0 saturated heterocycles. The van der Waals surface area contributed by atoms with E-state index in [1.165, 1.54) is 109 Å². The van der Waals surface area contributed by atoms with Crippen LogP contribution in [0.5, 0.6) is 0 Å².